The lowest BCUT2D eigenvalue weighted by Crippen LogP contribution is -2.23. The van der Waals surface area contributed by atoms with Crippen LogP contribution in [0.4, 0.5) is 0 Å². The Kier molecular flexibility index (Phi) is 5.20. The van der Waals surface area contributed by atoms with Crippen LogP contribution in [0.1, 0.15) is 23.2 Å². The Balaban J connectivity index is 2.27. The zero-order chi connectivity index (χ0) is 16.3. The number of aromatic nitrogens is 1. The maximum absolute atomic E-state index is 12.4. The third-order valence-electron chi connectivity index (χ3n) is 3.14. The molecule has 120 valence electrons. The van der Waals surface area contributed by atoms with Crippen molar-refractivity contribution in [1.82, 2.24) is 9.29 Å². The third-order valence-corrected chi connectivity index (χ3v) is 6.01. The second-order valence-corrected chi connectivity index (χ2v) is 8.18. The molecular weight excluding hydrogens is 320 g/mol. The Morgan fingerprint density at radius 1 is 1.32 bits per heavy atom. The van der Waals surface area contributed by atoms with E-state index < -0.39 is 10.0 Å². The smallest absolute Gasteiger partial charge is 0.246 e. The lowest BCUT2D eigenvalue weighted by atomic mass is 10.2. The zero-order valence-electron chi connectivity index (χ0n) is 13.2. The number of ether oxygens (including phenoxy) is 1. The number of rotatable bonds is 6. The van der Waals surface area contributed by atoms with Crippen molar-refractivity contribution in [3.63, 3.8) is 0 Å². The molecule has 0 aliphatic heterocycles. The molecule has 0 bridgehead atoms. The Morgan fingerprint density at radius 2 is 2.05 bits per heavy atom. The first-order valence-electron chi connectivity index (χ1n) is 6.94. The monoisotopic (exact) mass is 340 g/mol. The highest BCUT2D eigenvalue weighted by Gasteiger charge is 2.22. The van der Waals surface area contributed by atoms with Crippen molar-refractivity contribution in [2.45, 2.75) is 31.8 Å². The highest BCUT2D eigenvalue weighted by atomic mass is 32.2. The predicted octanol–water partition coefficient (Wildman–Crippen LogP) is 2.84. The zero-order valence-corrected chi connectivity index (χ0v) is 14.8. The van der Waals surface area contributed by atoms with Gasteiger partial charge in [-0.15, -0.1) is 11.3 Å². The molecule has 7 heteroatoms. The van der Waals surface area contributed by atoms with Crippen molar-refractivity contribution >= 4 is 21.4 Å². The molecule has 0 spiro atoms. The van der Waals surface area contributed by atoms with Crippen molar-refractivity contribution in [2.24, 2.45) is 0 Å². The molecule has 0 N–H and O–H groups in total. The van der Waals surface area contributed by atoms with E-state index in [1.807, 2.05) is 25.3 Å². The Labute approximate surface area is 135 Å². The summed E-state index contributed by atoms with van der Waals surface area (Å²) in [5.74, 6) is 0.352. The molecule has 0 aliphatic rings. The Morgan fingerprint density at radius 3 is 2.64 bits per heavy atom. The van der Waals surface area contributed by atoms with E-state index in [1.165, 1.54) is 18.4 Å². The van der Waals surface area contributed by atoms with Crippen molar-refractivity contribution < 1.29 is 13.2 Å². The molecule has 0 saturated carbocycles. The van der Waals surface area contributed by atoms with E-state index in [4.69, 9.17) is 4.74 Å². The van der Waals surface area contributed by atoms with Gasteiger partial charge in [0.1, 0.15) is 17.3 Å². The highest BCUT2D eigenvalue weighted by Crippen LogP contribution is 2.28. The molecule has 1 aromatic heterocycles. The summed E-state index contributed by atoms with van der Waals surface area (Å²) >= 11 is 1.58. The minimum atomic E-state index is -3.54. The van der Waals surface area contributed by atoms with Crippen LogP contribution in [0.3, 0.4) is 0 Å². The summed E-state index contributed by atoms with van der Waals surface area (Å²) in [6.07, 6.45) is 0.884. The van der Waals surface area contributed by atoms with Crippen LogP contribution >= 0.6 is 11.3 Å². The number of benzene rings is 1. The predicted molar refractivity (Wildman–Crippen MR) is 87.9 cm³/mol. The minimum Gasteiger partial charge on any atom is -0.486 e. The largest absolute Gasteiger partial charge is 0.486 e. The summed E-state index contributed by atoms with van der Waals surface area (Å²) in [6.45, 7) is 4.16. The molecule has 0 radical (unpaired) electrons. The van der Waals surface area contributed by atoms with E-state index in [9.17, 15) is 8.42 Å². The summed E-state index contributed by atoms with van der Waals surface area (Å²) in [5.41, 5.74) is 1.69. The second kappa shape index (κ2) is 6.76. The lowest BCUT2D eigenvalue weighted by molar-refractivity contribution is 0.293. The first-order chi connectivity index (χ1) is 10.3. The summed E-state index contributed by atoms with van der Waals surface area (Å²) in [4.78, 5) is 4.61. The number of hydrogen-bond acceptors (Lipinski definition) is 5. The fraction of sp³-hybridized carbons (Fsp3) is 0.400. The number of thiazole rings is 1. The van der Waals surface area contributed by atoms with Crippen LogP contribution in [-0.2, 0) is 23.1 Å². The normalized spacial score (nSPS) is 11.9. The molecule has 1 aromatic carbocycles. The van der Waals surface area contributed by atoms with Crippen molar-refractivity contribution in [3.8, 4) is 5.75 Å². The molecule has 1 heterocycles. The van der Waals surface area contributed by atoms with Gasteiger partial charge in [-0.3, -0.25) is 0 Å². The summed E-state index contributed by atoms with van der Waals surface area (Å²) in [6, 6.07) is 5.16. The second-order valence-electron chi connectivity index (χ2n) is 5.11. The van der Waals surface area contributed by atoms with E-state index >= 15 is 0 Å². The molecule has 0 fully saturated rings. The van der Waals surface area contributed by atoms with E-state index in [0.29, 0.717) is 5.75 Å². The minimum absolute atomic E-state index is 0.184. The van der Waals surface area contributed by atoms with Gasteiger partial charge in [-0.25, -0.2) is 17.7 Å². The molecule has 2 rings (SSSR count). The summed E-state index contributed by atoms with van der Waals surface area (Å²) < 4.78 is 31.7. The lowest BCUT2D eigenvalue weighted by Gasteiger charge is -2.16. The van der Waals surface area contributed by atoms with Crippen molar-refractivity contribution in [1.29, 1.82) is 0 Å². The van der Waals surface area contributed by atoms with E-state index in [-0.39, 0.29) is 11.5 Å². The van der Waals surface area contributed by atoms with Gasteiger partial charge in [-0.2, -0.15) is 0 Å². The number of hydrogen-bond donors (Lipinski definition) is 0. The van der Waals surface area contributed by atoms with Crippen LogP contribution < -0.4 is 4.74 Å². The maximum atomic E-state index is 12.4. The van der Waals surface area contributed by atoms with E-state index in [1.54, 1.807) is 23.5 Å². The molecule has 5 nitrogen and oxygen atoms in total. The van der Waals surface area contributed by atoms with Gasteiger partial charge in [0.2, 0.25) is 10.0 Å². The molecule has 0 atom stereocenters. The summed E-state index contributed by atoms with van der Waals surface area (Å²) in [5, 5.41) is 2.98. The van der Waals surface area contributed by atoms with Crippen LogP contribution in [-0.4, -0.2) is 31.8 Å². The summed E-state index contributed by atoms with van der Waals surface area (Å²) in [7, 11) is -0.525. The third kappa shape index (κ3) is 3.66. The number of aryl methyl sites for hydroxylation is 2. The molecule has 22 heavy (non-hydrogen) atoms. The standard InChI is InChI=1S/C15H20N2O3S2/c1-5-15-16-12(10-21-15)9-20-13-7-6-11(2)8-14(13)22(18,19)17(3)4/h6-8,10H,5,9H2,1-4H3. The number of sulfonamides is 1. The van der Waals surface area contributed by atoms with Crippen molar-refractivity contribution in [3.05, 3.63) is 39.8 Å². The topological polar surface area (TPSA) is 59.5 Å². The molecule has 0 amide bonds. The molecule has 2 aromatic rings. The van der Waals surface area contributed by atoms with Gasteiger partial charge < -0.3 is 4.74 Å². The maximum Gasteiger partial charge on any atom is 0.246 e. The van der Waals surface area contributed by atoms with Gasteiger partial charge in [0, 0.05) is 19.5 Å². The van der Waals surface area contributed by atoms with Gasteiger partial charge in [0.25, 0.3) is 0 Å². The van der Waals surface area contributed by atoms with Crippen LogP contribution in [0.2, 0.25) is 0 Å². The van der Waals surface area contributed by atoms with Gasteiger partial charge in [0.15, 0.2) is 0 Å². The number of nitrogens with zero attached hydrogens (tertiary/aromatic N) is 2. The van der Waals surface area contributed by atoms with Crippen LogP contribution in [0, 0.1) is 6.92 Å². The van der Waals surface area contributed by atoms with Gasteiger partial charge in [-0.05, 0) is 31.0 Å². The van der Waals surface area contributed by atoms with E-state index in [2.05, 4.69) is 4.98 Å². The van der Waals surface area contributed by atoms with Crippen LogP contribution in [0.15, 0.2) is 28.5 Å². The molecule has 0 saturated heterocycles. The quantitative estimate of drug-likeness (QED) is 0.811. The SMILES string of the molecule is CCc1nc(COc2ccc(C)cc2S(=O)(=O)N(C)C)cs1. The van der Waals surface area contributed by atoms with E-state index in [0.717, 1.165) is 22.7 Å². The van der Waals surface area contributed by atoms with Crippen LogP contribution in [0.25, 0.3) is 0 Å². The Hall–Kier alpha value is -1.44. The molecule has 0 unspecified atom stereocenters. The molecular formula is C15H20N2O3S2. The first kappa shape index (κ1) is 16.9. The fourth-order valence-electron chi connectivity index (χ4n) is 1.86. The van der Waals surface area contributed by atoms with Crippen molar-refractivity contribution in [2.75, 3.05) is 14.1 Å². The average molecular weight is 340 g/mol. The first-order valence-corrected chi connectivity index (χ1v) is 9.25. The Bertz CT molecular complexity index is 752. The fourth-order valence-corrected chi connectivity index (χ4v) is 3.70. The molecule has 0 aliphatic carbocycles. The van der Waals surface area contributed by atoms with Gasteiger partial charge >= 0.3 is 0 Å². The highest BCUT2D eigenvalue weighted by molar-refractivity contribution is 7.89. The van der Waals surface area contributed by atoms with Gasteiger partial charge in [-0.1, -0.05) is 13.0 Å². The van der Waals surface area contributed by atoms with Gasteiger partial charge in [0.05, 0.1) is 10.7 Å². The van der Waals surface area contributed by atoms with Crippen LogP contribution in [0.5, 0.6) is 5.75 Å². The average Bonchev–Trinajstić information content (AvgIpc) is 2.93.